The molecule has 2 heterocycles. The van der Waals surface area contributed by atoms with E-state index in [1.165, 1.54) is 22.3 Å². The van der Waals surface area contributed by atoms with Crippen molar-refractivity contribution in [3.8, 4) is 0 Å². The van der Waals surface area contributed by atoms with Crippen LogP contribution in [-0.4, -0.2) is 0 Å². The van der Waals surface area contributed by atoms with Crippen LogP contribution in [0.15, 0.2) is 130 Å². The highest BCUT2D eigenvalue weighted by atomic mass is 15.2. The van der Waals surface area contributed by atoms with Crippen molar-refractivity contribution in [2.24, 2.45) is 20.5 Å². The van der Waals surface area contributed by atoms with Crippen LogP contribution in [0.1, 0.15) is 22.3 Å². The van der Waals surface area contributed by atoms with Crippen molar-refractivity contribution < 1.29 is 0 Å². The molecular weight excluding hydrogens is 520 g/mol. The largest absolute Gasteiger partial charge is 0.397 e. The molecule has 2 aliphatic heterocycles. The van der Waals surface area contributed by atoms with Gasteiger partial charge in [0.15, 0.2) is 0 Å². The second-order valence-electron chi connectivity index (χ2n) is 10.7. The molecular formula is C34H30N8. The summed E-state index contributed by atoms with van der Waals surface area (Å²) in [5, 5.41) is 17.4. The highest BCUT2D eigenvalue weighted by Gasteiger charge is 2.26. The van der Waals surface area contributed by atoms with Gasteiger partial charge in [-0.1, -0.05) is 48.5 Å². The van der Waals surface area contributed by atoms with E-state index < -0.39 is 0 Å². The molecule has 0 saturated carbocycles. The smallest absolute Gasteiger partial charge is 0.111 e. The molecule has 206 valence electrons. The van der Waals surface area contributed by atoms with E-state index in [4.69, 9.17) is 11.5 Å². The van der Waals surface area contributed by atoms with Gasteiger partial charge in [-0.15, -0.1) is 10.2 Å². The van der Waals surface area contributed by atoms with Crippen LogP contribution in [-0.2, 0) is 26.2 Å². The Bertz CT molecular complexity index is 1780. The fourth-order valence-electron chi connectivity index (χ4n) is 5.54. The van der Waals surface area contributed by atoms with Gasteiger partial charge >= 0.3 is 0 Å². The summed E-state index contributed by atoms with van der Waals surface area (Å²) in [5.74, 6) is 0. The summed E-state index contributed by atoms with van der Waals surface area (Å²) in [6, 6.07) is 36.1. The number of nitrogens with zero attached hydrogens (tertiary/aromatic N) is 6. The van der Waals surface area contributed by atoms with E-state index in [0.717, 1.165) is 48.9 Å². The molecule has 2 aliphatic rings. The average molecular weight is 551 g/mol. The third-order valence-electron chi connectivity index (χ3n) is 7.78. The maximum absolute atomic E-state index is 6.37. The molecule has 0 fully saturated rings. The van der Waals surface area contributed by atoms with Crippen LogP contribution in [0.25, 0.3) is 0 Å². The van der Waals surface area contributed by atoms with Crippen molar-refractivity contribution in [2.75, 3.05) is 21.3 Å². The van der Waals surface area contributed by atoms with Crippen molar-refractivity contribution in [2.45, 2.75) is 26.2 Å². The summed E-state index contributed by atoms with van der Waals surface area (Å²) >= 11 is 0. The average Bonchev–Trinajstić information content (AvgIpc) is 3.63. The van der Waals surface area contributed by atoms with Crippen LogP contribution in [0.3, 0.4) is 0 Å². The lowest BCUT2D eigenvalue weighted by Gasteiger charge is -2.19. The van der Waals surface area contributed by atoms with Gasteiger partial charge in [0.25, 0.3) is 0 Å². The molecule has 0 radical (unpaired) electrons. The molecule has 0 amide bonds. The Kier molecular flexibility index (Phi) is 6.56. The van der Waals surface area contributed by atoms with E-state index in [2.05, 4.69) is 54.5 Å². The third kappa shape index (κ3) is 5.17. The Hall–Kier alpha value is -5.50. The zero-order valence-electron chi connectivity index (χ0n) is 23.1. The zero-order chi connectivity index (χ0) is 28.5. The number of anilines is 4. The molecule has 0 bridgehead atoms. The minimum Gasteiger partial charge on any atom is -0.397 e. The molecule has 0 aliphatic carbocycles. The summed E-state index contributed by atoms with van der Waals surface area (Å²) in [7, 11) is 0. The molecule has 0 aromatic heterocycles. The SMILES string of the molecule is Nc1cc(N2Cc3cc4c(cc3C2)CN(c2ccc(N)c(N=Nc3ccccc3)c2)C4)ccc1N=Nc1ccccc1. The number of benzene rings is 5. The first-order valence-corrected chi connectivity index (χ1v) is 14.0. The fraction of sp³-hybridized carbons (Fsp3) is 0.118. The molecule has 0 spiro atoms. The van der Waals surface area contributed by atoms with Crippen LogP contribution in [0, 0.1) is 0 Å². The Balaban J connectivity index is 1.04. The Labute approximate surface area is 244 Å². The summed E-state index contributed by atoms with van der Waals surface area (Å²) in [5.41, 5.74) is 24.4. The van der Waals surface area contributed by atoms with Gasteiger partial charge in [0.2, 0.25) is 0 Å². The minimum atomic E-state index is 0.613. The molecule has 5 aromatic carbocycles. The highest BCUT2D eigenvalue weighted by molar-refractivity contribution is 5.71. The summed E-state index contributed by atoms with van der Waals surface area (Å²) < 4.78 is 0. The van der Waals surface area contributed by atoms with Crippen molar-refractivity contribution >= 4 is 45.5 Å². The number of rotatable bonds is 6. The second kappa shape index (κ2) is 10.8. The Morgan fingerprint density at radius 2 is 0.905 bits per heavy atom. The molecule has 5 aromatic rings. The normalized spacial score (nSPS) is 14.2. The first-order chi connectivity index (χ1) is 20.6. The number of hydrogen-bond donors (Lipinski definition) is 2. The minimum absolute atomic E-state index is 0.613. The van der Waals surface area contributed by atoms with Gasteiger partial charge in [0.1, 0.15) is 11.4 Å². The summed E-state index contributed by atoms with van der Waals surface area (Å²) in [6.45, 7) is 3.38. The van der Waals surface area contributed by atoms with E-state index in [1.807, 2.05) is 84.9 Å². The van der Waals surface area contributed by atoms with Crippen LogP contribution in [0.5, 0.6) is 0 Å². The van der Waals surface area contributed by atoms with Gasteiger partial charge in [-0.3, -0.25) is 0 Å². The topological polar surface area (TPSA) is 108 Å². The zero-order valence-corrected chi connectivity index (χ0v) is 23.1. The molecule has 42 heavy (non-hydrogen) atoms. The lowest BCUT2D eigenvalue weighted by atomic mass is 10.0. The first-order valence-electron chi connectivity index (χ1n) is 14.0. The van der Waals surface area contributed by atoms with Crippen molar-refractivity contribution in [1.29, 1.82) is 0 Å². The van der Waals surface area contributed by atoms with E-state index in [-0.39, 0.29) is 0 Å². The number of fused-ring (bicyclic) bond motifs is 2. The van der Waals surface area contributed by atoms with Gasteiger partial charge in [0.05, 0.1) is 22.7 Å². The predicted molar refractivity (Wildman–Crippen MR) is 169 cm³/mol. The van der Waals surface area contributed by atoms with Gasteiger partial charge in [-0.05, 0) is 82.9 Å². The first kappa shape index (κ1) is 25.5. The van der Waals surface area contributed by atoms with E-state index in [0.29, 0.717) is 22.7 Å². The monoisotopic (exact) mass is 550 g/mol. The van der Waals surface area contributed by atoms with Crippen LogP contribution >= 0.6 is 0 Å². The van der Waals surface area contributed by atoms with Crippen LogP contribution < -0.4 is 21.3 Å². The Morgan fingerprint density at radius 1 is 0.429 bits per heavy atom. The van der Waals surface area contributed by atoms with E-state index in [1.54, 1.807) is 0 Å². The summed E-state index contributed by atoms with van der Waals surface area (Å²) in [6.07, 6.45) is 0. The number of nitrogens with two attached hydrogens (primary N) is 2. The lowest BCUT2D eigenvalue weighted by molar-refractivity contribution is 0.868. The van der Waals surface area contributed by atoms with Crippen LogP contribution in [0.2, 0.25) is 0 Å². The predicted octanol–water partition coefficient (Wildman–Crippen LogP) is 8.72. The molecule has 0 atom stereocenters. The van der Waals surface area contributed by atoms with Gasteiger partial charge in [-0.2, -0.15) is 10.2 Å². The number of hydrogen-bond acceptors (Lipinski definition) is 8. The third-order valence-corrected chi connectivity index (χ3v) is 7.78. The second-order valence-corrected chi connectivity index (χ2v) is 10.7. The van der Waals surface area contributed by atoms with E-state index in [9.17, 15) is 0 Å². The van der Waals surface area contributed by atoms with Crippen molar-refractivity contribution in [3.63, 3.8) is 0 Å². The number of nitrogen functional groups attached to an aromatic ring is 2. The van der Waals surface area contributed by atoms with Crippen molar-refractivity contribution in [1.82, 2.24) is 0 Å². The molecule has 7 rings (SSSR count). The fourth-order valence-corrected chi connectivity index (χ4v) is 5.54. The standard InChI is InChI=1S/C34H30N8/c35-31-13-11-30(18-34(31)40-38-28-9-5-2-6-10-28)42-21-25-15-23-19-41(20-24(23)16-26(25)22-42)29-12-14-33(32(36)17-29)39-37-27-7-3-1-4-8-27/h1-18H,19-22,35-36H2. The van der Waals surface area contributed by atoms with E-state index >= 15 is 0 Å². The maximum Gasteiger partial charge on any atom is 0.111 e. The molecule has 8 nitrogen and oxygen atoms in total. The van der Waals surface area contributed by atoms with Crippen molar-refractivity contribution in [3.05, 3.63) is 131 Å². The van der Waals surface area contributed by atoms with Gasteiger partial charge < -0.3 is 21.3 Å². The van der Waals surface area contributed by atoms with Crippen LogP contribution in [0.4, 0.5) is 45.5 Å². The highest BCUT2D eigenvalue weighted by Crippen LogP contribution is 2.38. The molecule has 0 saturated heterocycles. The molecule has 0 unspecified atom stereocenters. The molecule has 4 N–H and O–H groups in total. The van der Waals surface area contributed by atoms with Gasteiger partial charge in [-0.25, -0.2) is 0 Å². The quantitative estimate of drug-likeness (QED) is 0.163. The summed E-state index contributed by atoms with van der Waals surface area (Å²) in [4.78, 5) is 4.72. The number of azo groups is 2. The lowest BCUT2D eigenvalue weighted by Crippen LogP contribution is -2.15. The maximum atomic E-state index is 6.37. The molecule has 8 heteroatoms. The Morgan fingerprint density at radius 3 is 1.43 bits per heavy atom. The van der Waals surface area contributed by atoms with Gasteiger partial charge in [0, 0.05) is 37.6 Å².